The Morgan fingerprint density at radius 3 is 2.66 bits per heavy atom. The van der Waals surface area contributed by atoms with Crippen molar-refractivity contribution in [1.29, 1.82) is 0 Å². The number of aliphatic imine (C=N–C) groups is 1. The Kier molecular flexibility index (Phi) is 9.89. The van der Waals surface area contributed by atoms with E-state index in [4.69, 9.17) is 18.6 Å². The Bertz CT molecular complexity index is 965. The molecule has 3 heterocycles. The summed E-state index contributed by atoms with van der Waals surface area (Å²) in [5, 5.41) is 8.05. The smallest absolute Gasteiger partial charge is 0.191 e. The molecule has 8 heteroatoms. The molecule has 0 atom stereocenters. The van der Waals surface area contributed by atoms with E-state index in [2.05, 4.69) is 28.5 Å². The van der Waals surface area contributed by atoms with E-state index in [1.165, 1.54) is 0 Å². The summed E-state index contributed by atoms with van der Waals surface area (Å²) in [6.45, 7) is 9.00. The van der Waals surface area contributed by atoms with Crippen LogP contribution in [0.25, 0.3) is 11.0 Å². The minimum atomic E-state index is 0. The molecule has 4 rings (SSSR count). The van der Waals surface area contributed by atoms with Crippen LogP contribution in [0.5, 0.6) is 0 Å². The Morgan fingerprint density at radius 2 is 1.88 bits per heavy atom. The van der Waals surface area contributed by atoms with Gasteiger partial charge in [-0.15, -0.1) is 24.0 Å². The highest BCUT2D eigenvalue weighted by molar-refractivity contribution is 14.0. The summed E-state index contributed by atoms with van der Waals surface area (Å²) in [7, 11) is 0. The van der Waals surface area contributed by atoms with Crippen molar-refractivity contribution in [1.82, 2.24) is 15.5 Å². The number of guanidine groups is 1. The molecule has 0 radical (unpaired) electrons. The maximum Gasteiger partial charge on any atom is 0.191 e. The Balaban J connectivity index is 0.00000289. The van der Waals surface area contributed by atoms with Crippen molar-refractivity contribution in [2.24, 2.45) is 4.99 Å². The lowest BCUT2D eigenvalue weighted by atomic mass is 10.1. The van der Waals surface area contributed by atoms with Crippen molar-refractivity contribution in [2.75, 3.05) is 45.9 Å². The van der Waals surface area contributed by atoms with E-state index in [1.807, 2.05) is 30.3 Å². The van der Waals surface area contributed by atoms with E-state index in [0.717, 1.165) is 92.8 Å². The fourth-order valence-electron chi connectivity index (χ4n) is 3.79. The third-order valence-corrected chi connectivity index (χ3v) is 5.61. The second-order valence-corrected chi connectivity index (χ2v) is 7.80. The van der Waals surface area contributed by atoms with Gasteiger partial charge in [-0.25, -0.2) is 4.99 Å². The van der Waals surface area contributed by atoms with Gasteiger partial charge in [-0.2, -0.15) is 0 Å². The third-order valence-electron chi connectivity index (χ3n) is 5.61. The van der Waals surface area contributed by atoms with Crippen LogP contribution >= 0.6 is 24.0 Å². The summed E-state index contributed by atoms with van der Waals surface area (Å²) in [5.41, 5.74) is 2.07. The van der Waals surface area contributed by atoms with Crippen LogP contribution in [0.2, 0.25) is 0 Å². The molecule has 1 aliphatic heterocycles. The number of ether oxygens (including phenoxy) is 1. The summed E-state index contributed by atoms with van der Waals surface area (Å²) in [5.74, 6) is 2.67. The van der Waals surface area contributed by atoms with Crippen molar-refractivity contribution in [3.05, 3.63) is 59.7 Å². The predicted octanol–water partition coefficient (Wildman–Crippen LogP) is 3.95. The van der Waals surface area contributed by atoms with E-state index >= 15 is 0 Å². The van der Waals surface area contributed by atoms with Gasteiger partial charge in [0.2, 0.25) is 0 Å². The maximum absolute atomic E-state index is 6.02. The predicted molar refractivity (Wildman–Crippen MR) is 138 cm³/mol. The van der Waals surface area contributed by atoms with Gasteiger partial charge in [0.05, 0.1) is 19.5 Å². The Hall–Kier alpha value is -2.04. The molecule has 174 valence electrons. The molecule has 3 aromatic rings. The van der Waals surface area contributed by atoms with E-state index in [0.29, 0.717) is 6.54 Å². The highest BCUT2D eigenvalue weighted by Gasteiger charge is 2.11. The summed E-state index contributed by atoms with van der Waals surface area (Å²) < 4.78 is 16.9. The van der Waals surface area contributed by atoms with Crippen LogP contribution in [0.4, 0.5) is 0 Å². The number of rotatable bonds is 9. The van der Waals surface area contributed by atoms with Crippen molar-refractivity contribution >= 4 is 40.9 Å². The van der Waals surface area contributed by atoms with Gasteiger partial charge >= 0.3 is 0 Å². The van der Waals surface area contributed by atoms with Crippen molar-refractivity contribution in [3.63, 3.8) is 0 Å². The average molecular weight is 552 g/mol. The van der Waals surface area contributed by atoms with Gasteiger partial charge in [-0.1, -0.05) is 18.2 Å². The first-order valence-electron chi connectivity index (χ1n) is 11.1. The number of benzene rings is 1. The third kappa shape index (κ3) is 6.98. The second-order valence-electron chi connectivity index (χ2n) is 7.80. The standard InChI is InChI=1S/C24H32N4O3.HI/c1-19-21-7-2-3-8-22(21)31-23(19)18-27-24(26-11-9-20-6-4-15-30-20)25-10-5-12-28-13-16-29-17-14-28;/h2-4,6-8,15H,5,9-14,16-18H2,1H3,(H2,25,26,27);1H. The van der Waals surface area contributed by atoms with E-state index in [-0.39, 0.29) is 24.0 Å². The number of morpholine rings is 1. The zero-order valence-corrected chi connectivity index (χ0v) is 21.0. The van der Waals surface area contributed by atoms with Gasteiger partial charge in [-0.3, -0.25) is 4.90 Å². The molecular formula is C24H33IN4O3. The van der Waals surface area contributed by atoms with Gasteiger partial charge in [-0.05, 0) is 38.1 Å². The molecule has 1 fully saturated rings. The minimum Gasteiger partial charge on any atom is -0.469 e. The number of fused-ring (bicyclic) bond motifs is 1. The van der Waals surface area contributed by atoms with Crippen LogP contribution in [0.1, 0.15) is 23.5 Å². The molecule has 0 saturated carbocycles. The Morgan fingerprint density at radius 1 is 1.06 bits per heavy atom. The molecule has 2 aromatic heterocycles. The zero-order chi connectivity index (χ0) is 21.3. The summed E-state index contributed by atoms with van der Waals surface area (Å²) in [6.07, 6.45) is 3.58. The fourth-order valence-corrected chi connectivity index (χ4v) is 3.79. The van der Waals surface area contributed by atoms with E-state index in [1.54, 1.807) is 6.26 Å². The summed E-state index contributed by atoms with van der Waals surface area (Å²) in [6, 6.07) is 12.0. The largest absolute Gasteiger partial charge is 0.469 e. The first kappa shape index (κ1) is 24.6. The molecule has 0 unspecified atom stereocenters. The van der Waals surface area contributed by atoms with Crippen molar-refractivity contribution in [3.8, 4) is 0 Å². The quantitative estimate of drug-likeness (QED) is 0.181. The van der Waals surface area contributed by atoms with Gasteiger partial charge in [0.15, 0.2) is 5.96 Å². The number of nitrogens with one attached hydrogen (secondary N) is 2. The fraction of sp³-hybridized carbons (Fsp3) is 0.458. The molecule has 0 spiro atoms. The zero-order valence-electron chi connectivity index (χ0n) is 18.6. The first-order valence-corrected chi connectivity index (χ1v) is 11.1. The maximum atomic E-state index is 6.02. The van der Waals surface area contributed by atoms with Crippen LogP contribution in [0.15, 0.2) is 56.5 Å². The Labute approximate surface area is 206 Å². The summed E-state index contributed by atoms with van der Waals surface area (Å²) in [4.78, 5) is 7.24. The van der Waals surface area contributed by atoms with E-state index < -0.39 is 0 Å². The van der Waals surface area contributed by atoms with Crippen LogP contribution in [-0.2, 0) is 17.7 Å². The minimum absolute atomic E-state index is 0. The van der Waals surface area contributed by atoms with E-state index in [9.17, 15) is 0 Å². The second kappa shape index (κ2) is 12.9. The number of aryl methyl sites for hydroxylation is 1. The first-order chi connectivity index (χ1) is 15.3. The highest BCUT2D eigenvalue weighted by Crippen LogP contribution is 2.25. The number of furan rings is 2. The molecule has 0 amide bonds. The van der Waals surface area contributed by atoms with Gasteiger partial charge in [0.25, 0.3) is 0 Å². The lowest BCUT2D eigenvalue weighted by Crippen LogP contribution is -2.41. The number of hydrogen-bond acceptors (Lipinski definition) is 5. The van der Waals surface area contributed by atoms with Gasteiger partial charge in [0.1, 0.15) is 23.6 Å². The molecule has 1 aromatic carbocycles. The van der Waals surface area contributed by atoms with Crippen LogP contribution < -0.4 is 10.6 Å². The molecule has 32 heavy (non-hydrogen) atoms. The normalized spacial score (nSPS) is 15.0. The number of hydrogen-bond donors (Lipinski definition) is 2. The van der Waals surface area contributed by atoms with Crippen LogP contribution in [-0.4, -0.2) is 56.8 Å². The molecule has 0 aliphatic carbocycles. The SMILES string of the molecule is Cc1c(CN=C(NCCCN2CCOCC2)NCCc2ccco2)oc2ccccc12.I. The molecule has 1 aliphatic rings. The average Bonchev–Trinajstić information content (AvgIpc) is 3.43. The van der Waals surface area contributed by atoms with Crippen molar-refractivity contribution in [2.45, 2.75) is 26.3 Å². The summed E-state index contributed by atoms with van der Waals surface area (Å²) >= 11 is 0. The van der Waals surface area contributed by atoms with Gasteiger partial charge in [0, 0.05) is 43.5 Å². The molecule has 7 nitrogen and oxygen atoms in total. The van der Waals surface area contributed by atoms with Crippen LogP contribution in [0, 0.1) is 6.92 Å². The number of para-hydroxylation sites is 1. The highest BCUT2D eigenvalue weighted by atomic mass is 127. The topological polar surface area (TPSA) is 75.2 Å². The van der Waals surface area contributed by atoms with Gasteiger partial charge < -0.3 is 24.2 Å². The monoisotopic (exact) mass is 552 g/mol. The molecule has 1 saturated heterocycles. The molecule has 2 N–H and O–H groups in total. The number of nitrogens with zero attached hydrogens (tertiary/aromatic N) is 2. The van der Waals surface area contributed by atoms with Crippen molar-refractivity contribution < 1.29 is 13.6 Å². The lowest BCUT2D eigenvalue weighted by molar-refractivity contribution is 0.0376. The number of halogens is 1. The molecular weight excluding hydrogens is 519 g/mol. The lowest BCUT2D eigenvalue weighted by Gasteiger charge is -2.26. The molecule has 0 bridgehead atoms. The van der Waals surface area contributed by atoms with Crippen LogP contribution in [0.3, 0.4) is 0 Å².